The number of anilines is 1. The first kappa shape index (κ1) is 12.6. The molecule has 0 amide bonds. The Balaban J connectivity index is 2.45. The van der Waals surface area contributed by atoms with Crippen LogP contribution >= 0.6 is 0 Å². The Kier molecular flexibility index (Phi) is 3.15. The molecule has 0 fully saturated rings. The van der Waals surface area contributed by atoms with Gasteiger partial charge in [0, 0.05) is 6.20 Å². The van der Waals surface area contributed by atoms with Crippen molar-refractivity contribution in [2.24, 2.45) is 0 Å². The first-order chi connectivity index (χ1) is 9.02. The zero-order chi connectivity index (χ0) is 14.0. The summed E-state index contributed by atoms with van der Waals surface area (Å²) in [6, 6.07) is 2.89. The number of carboxylic acid groups (broad SMARTS) is 1. The quantitative estimate of drug-likeness (QED) is 0.765. The second-order valence-electron chi connectivity index (χ2n) is 3.58. The average molecular weight is 262 g/mol. The largest absolute Gasteiger partial charge is 0.476 e. The molecule has 2 aromatic rings. The molecule has 98 valence electrons. The third-order valence-electron chi connectivity index (χ3n) is 2.35. The van der Waals surface area contributed by atoms with Crippen LogP contribution < -0.4 is 5.73 Å². The number of rotatable bonds is 3. The number of methoxy groups -OCH3 is 1. The van der Waals surface area contributed by atoms with Crippen molar-refractivity contribution in [3.63, 3.8) is 0 Å². The van der Waals surface area contributed by atoms with Gasteiger partial charge in [-0.2, -0.15) is 5.10 Å². The van der Waals surface area contributed by atoms with E-state index < -0.39 is 11.9 Å². The van der Waals surface area contributed by atoms with E-state index in [1.807, 2.05) is 0 Å². The summed E-state index contributed by atoms with van der Waals surface area (Å²) in [6.07, 6.45) is 2.70. The van der Waals surface area contributed by atoms with Crippen LogP contribution in [-0.4, -0.2) is 38.9 Å². The van der Waals surface area contributed by atoms with Crippen molar-refractivity contribution >= 4 is 17.6 Å². The van der Waals surface area contributed by atoms with Crippen LogP contribution in [0.25, 0.3) is 5.82 Å². The lowest BCUT2D eigenvalue weighted by Gasteiger charge is -2.02. The van der Waals surface area contributed by atoms with E-state index in [4.69, 9.17) is 10.8 Å². The van der Waals surface area contributed by atoms with Gasteiger partial charge in [-0.3, -0.25) is 0 Å². The van der Waals surface area contributed by atoms with E-state index in [1.54, 1.807) is 0 Å². The van der Waals surface area contributed by atoms with Crippen molar-refractivity contribution in [3.8, 4) is 5.82 Å². The van der Waals surface area contributed by atoms with E-state index >= 15 is 0 Å². The van der Waals surface area contributed by atoms with Gasteiger partial charge in [0.1, 0.15) is 0 Å². The van der Waals surface area contributed by atoms with Crippen molar-refractivity contribution in [2.45, 2.75) is 0 Å². The molecule has 0 saturated heterocycles. The number of nitrogen functional groups attached to an aromatic ring is 1. The molecule has 0 unspecified atom stereocenters. The minimum absolute atomic E-state index is 0.0118. The van der Waals surface area contributed by atoms with Gasteiger partial charge in [0.2, 0.25) is 0 Å². The van der Waals surface area contributed by atoms with Gasteiger partial charge < -0.3 is 15.6 Å². The highest BCUT2D eigenvalue weighted by molar-refractivity contribution is 5.91. The molecule has 0 aliphatic heterocycles. The van der Waals surface area contributed by atoms with E-state index in [1.165, 1.54) is 36.3 Å². The summed E-state index contributed by atoms with van der Waals surface area (Å²) in [5, 5.41) is 12.6. The monoisotopic (exact) mass is 262 g/mol. The number of esters is 1. The van der Waals surface area contributed by atoms with Crippen LogP contribution in [0.2, 0.25) is 0 Å². The molecule has 8 heteroatoms. The predicted molar refractivity (Wildman–Crippen MR) is 64.1 cm³/mol. The van der Waals surface area contributed by atoms with Gasteiger partial charge in [0.25, 0.3) is 0 Å². The normalized spacial score (nSPS) is 10.2. The number of hydrogen-bond donors (Lipinski definition) is 2. The van der Waals surface area contributed by atoms with Crippen LogP contribution in [-0.2, 0) is 4.74 Å². The molecule has 0 aliphatic carbocycles. The minimum atomic E-state index is -1.24. The molecule has 0 aromatic carbocycles. The van der Waals surface area contributed by atoms with Crippen LogP contribution in [0.3, 0.4) is 0 Å². The third-order valence-corrected chi connectivity index (χ3v) is 2.35. The molecule has 0 radical (unpaired) electrons. The number of aromatic nitrogens is 3. The number of hydrogen-bond acceptors (Lipinski definition) is 6. The standard InChI is InChI=1S/C11H10N4O4/c1-19-11(18)6-2-3-13-8(4-6)15-5-7(12)9(14-15)10(16)17/h2-5H,12H2,1H3,(H,16,17). The van der Waals surface area contributed by atoms with Crippen LogP contribution in [0, 0.1) is 0 Å². The Morgan fingerprint density at radius 3 is 2.79 bits per heavy atom. The summed E-state index contributed by atoms with van der Waals surface area (Å²) < 4.78 is 5.76. The van der Waals surface area contributed by atoms with Gasteiger partial charge in [-0.05, 0) is 12.1 Å². The molecule has 0 atom stereocenters. The van der Waals surface area contributed by atoms with Gasteiger partial charge in [0.05, 0.1) is 24.6 Å². The lowest BCUT2D eigenvalue weighted by molar-refractivity contribution is 0.0599. The van der Waals surface area contributed by atoms with E-state index in [9.17, 15) is 9.59 Å². The fourth-order valence-corrected chi connectivity index (χ4v) is 1.46. The van der Waals surface area contributed by atoms with Gasteiger partial charge in [-0.1, -0.05) is 0 Å². The zero-order valence-corrected chi connectivity index (χ0v) is 9.90. The lowest BCUT2D eigenvalue weighted by Crippen LogP contribution is -2.06. The summed E-state index contributed by atoms with van der Waals surface area (Å²) in [5.74, 6) is -1.50. The summed E-state index contributed by atoms with van der Waals surface area (Å²) >= 11 is 0. The molecule has 0 aliphatic rings. The number of nitrogens with zero attached hydrogens (tertiary/aromatic N) is 3. The Morgan fingerprint density at radius 2 is 2.21 bits per heavy atom. The highest BCUT2D eigenvalue weighted by Crippen LogP contribution is 2.14. The van der Waals surface area contributed by atoms with Crippen molar-refractivity contribution in [2.75, 3.05) is 12.8 Å². The molecule has 0 saturated carbocycles. The predicted octanol–water partition coefficient (Wildman–Crippen LogP) is 0.334. The first-order valence-corrected chi connectivity index (χ1v) is 5.16. The SMILES string of the molecule is COC(=O)c1ccnc(-n2cc(N)c(C(=O)O)n2)c1. The number of carbonyl (C=O) groups is 2. The smallest absolute Gasteiger partial charge is 0.358 e. The van der Waals surface area contributed by atoms with Gasteiger partial charge in [-0.25, -0.2) is 19.3 Å². The molecule has 19 heavy (non-hydrogen) atoms. The molecule has 0 bridgehead atoms. The van der Waals surface area contributed by atoms with Gasteiger partial charge in [0.15, 0.2) is 11.5 Å². The molecule has 8 nitrogen and oxygen atoms in total. The number of pyridine rings is 1. The Bertz CT molecular complexity index is 650. The fraction of sp³-hybridized carbons (Fsp3) is 0.0909. The van der Waals surface area contributed by atoms with E-state index in [0.717, 1.165) is 0 Å². The topological polar surface area (TPSA) is 120 Å². The Labute approximate surface area is 107 Å². The number of carbonyl (C=O) groups excluding carboxylic acids is 1. The maximum Gasteiger partial charge on any atom is 0.358 e. The van der Waals surface area contributed by atoms with Crippen molar-refractivity contribution in [3.05, 3.63) is 35.8 Å². The van der Waals surface area contributed by atoms with E-state index in [0.29, 0.717) is 0 Å². The fourth-order valence-electron chi connectivity index (χ4n) is 1.46. The summed E-state index contributed by atoms with van der Waals surface area (Å²) in [7, 11) is 1.26. The second kappa shape index (κ2) is 4.77. The van der Waals surface area contributed by atoms with Crippen LogP contribution in [0.5, 0.6) is 0 Å². The highest BCUT2D eigenvalue weighted by atomic mass is 16.5. The molecule has 2 aromatic heterocycles. The average Bonchev–Trinajstić information content (AvgIpc) is 2.80. The zero-order valence-electron chi connectivity index (χ0n) is 9.90. The maximum atomic E-state index is 11.4. The first-order valence-electron chi connectivity index (χ1n) is 5.16. The number of carboxylic acids is 1. The van der Waals surface area contributed by atoms with Crippen molar-refractivity contribution in [1.29, 1.82) is 0 Å². The van der Waals surface area contributed by atoms with Crippen LogP contribution in [0.15, 0.2) is 24.5 Å². The molecule has 3 N–H and O–H groups in total. The minimum Gasteiger partial charge on any atom is -0.476 e. The van der Waals surface area contributed by atoms with Gasteiger partial charge in [-0.15, -0.1) is 0 Å². The Hall–Kier alpha value is -2.90. The van der Waals surface area contributed by atoms with Crippen LogP contribution in [0.4, 0.5) is 5.69 Å². The van der Waals surface area contributed by atoms with E-state index in [2.05, 4.69) is 14.8 Å². The Morgan fingerprint density at radius 1 is 1.47 bits per heavy atom. The van der Waals surface area contributed by atoms with Crippen molar-refractivity contribution < 1.29 is 19.4 Å². The van der Waals surface area contributed by atoms with E-state index in [-0.39, 0.29) is 22.8 Å². The van der Waals surface area contributed by atoms with Crippen molar-refractivity contribution in [1.82, 2.24) is 14.8 Å². The summed E-state index contributed by atoms with van der Waals surface area (Å²) in [4.78, 5) is 26.2. The van der Waals surface area contributed by atoms with Crippen LogP contribution in [0.1, 0.15) is 20.8 Å². The lowest BCUT2D eigenvalue weighted by atomic mass is 10.2. The maximum absolute atomic E-state index is 11.4. The third kappa shape index (κ3) is 2.37. The highest BCUT2D eigenvalue weighted by Gasteiger charge is 2.15. The summed E-state index contributed by atoms with van der Waals surface area (Å²) in [5.41, 5.74) is 5.54. The second-order valence-corrected chi connectivity index (χ2v) is 3.58. The number of ether oxygens (including phenoxy) is 1. The summed E-state index contributed by atoms with van der Waals surface area (Å²) in [6.45, 7) is 0. The molecule has 0 spiro atoms. The molecule has 2 heterocycles. The molecule has 2 rings (SSSR count). The molecular weight excluding hydrogens is 252 g/mol. The molecular formula is C11H10N4O4. The number of aromatic carboxylic acids is 1. The number of nitrogens with two attached hydrogens (primary N) is 1. The van der Waals surface area contributed by atoms with Gasteiger partial charge >= 0.3 is 11.9 Å².